The van der Waals surface area contributed by atoms with Crippen LogP contribution in [0.15, 0.2) is 27.6 Å². The Morgan fingerprint density at radius 1 is 1.38 bits per heavy atom. The second kappa shape index (κ2) is 6.64. The summed E-state index contributed by atoms with van der Waals surface area (Å²) in [5.74, 6) is 1.21. The van der Waals surface area contributed by atoms with Gasteiger partial charge >= 0.3 is 0 Å². The lowest BCUT2D eigenvalue weighted by Gasteiger charge is -2.11. The molecule has 1 aromatic carbocycles. The molecule has 1 rings (SSSR count). The summed E-state index contributed by atoms with van der Waals surface area (Å²) in [6.07, 6.45) is -0.454. The molecule has 0 spiro atoms. The van der Waals surface area contributed by atoms with Gasteiger partial charge in [-0.2, -0.15) is 0 Å². The van der Waals surface area contributed by atoms with E-state index in [0.29, 0.717) is 5.92 Å². The molecule has 0 aromatic heterocycles. The number of thioether (sulfide) groups is 1. The molecular weight excluding hydrogens is 288 g/mol. The maximum atomic E-state index is 9.48. The molecule has 0 amide bonds. The molecule has 4 heteroatoms. The van der Waals surface area contributed by atoms with Crippen LogP contribution in [0, 0.1) is 5.92 Å². The lowest BCUT2D eigenvalue weighted by atomic mass is 10.1. The average Bonchev–Trinajstić information content (AvgIpc) is 2.25. The molecule has 0 aliphatic rings. The van der Waals surface area contributed by atoms with Crippen molar-refractivity contribution in [2.24, 2.45) is 5.92 Å². The molecule has 0 bridgehead atoms. The van der Waals surface area contributed by atoms with E-state index >= 15 is 0 Å². The summed E-state index contributed by atoms with van der Waals surface area (Å²) >= 11 is 5.17. The van der Waals surface area contributed by atoms with Crippen LogP contribution in [0.2, 0.25) is 0 Å². The third kappa shape index (κ3) is 4.09. The van der Waals surface area contributed by atoms with E-state index < -0.39 is 6.10 Å². The molecule has 16 heavy (non-hydrogen) atoms. The molecule has 0 saturated carbocycles. The largest absolute Gasteiger partial charge is 0.396 e. The van der Waals surface area contributed by atoms with Gasteiger partial charge in [0.15, 0.2) is 0 Å². The first-order valence-corrected chi connectivity index (χ1v) is 7.03. The Labute approximate surface area is 109 Å². The molecule has 90 valence electrons. The lowest BCUT2D eigenvalue weighted by Crippen LogP contribution is -2.03. The molecule has 2 N–H and O–H groups in total. The zero-order valence-electron chi connectivity index (χ0n) is 9.48. The van der Waals surface area contributed by atoms with Crippen molar-refractivity contribution >= 4 is 27.7 Å². The van der Waals surface area contributed by atoms with E-state index in [0.717, 1.165) is 20.7 Å². The highest BCUT2D eigenvalue weighted by Crippen LogP contribution is 2.29. The maximum absolute atomic E-state index is 9.48. The van der Waals surface area contributed by atoms with Crippen molar-refractivity contribution in [1.29, 1.82) is 0 Å². The van der Waals surface area contributed by atoms with Gasteiger partial charge in [-0.05, 0) is 30.5 Å². The van der Waals surface area contributed by atoms with E-state index in [1.165, 1.54) is 0 Å². The van der Waals surface area contributed by atoms with Crippen LogP contribution >= 0.6 is 27.7 Å². The fourth-order valence-corrected chi connectivity index (χ4v) is 3.04. The van der Waals surface area contributed by atoms with Crippen LogP contribution in [0.25, 0.3) is 0 Å². The minimum absolute atomic E-state index is 0.222. The fourth-order valence-electron chi connectivity index (χ4n) is 1.23. The predicted octanol–water partition coefficient (Wildman–Crippen LogP) is 3.22. The molecule has 0 radical (unpaired) electrons. The summed E-state index contributed by atoms with van der Waals surface area (Å²) in [5, 5.41) is 18.4. The Balaban J connectivity index is 2.66. The monoisotopic (exact) mass is 304 g/mol. The summed E-state index contributed by atoms with van der Waals surface area (Å²) in [6.45, 7) is 3.99. The molecule has 1 aromatic rings. The zero-order chi connectivity index (χ0) is 12.1. The Bertz CT molecular complexity index is 342. The van der Waals surface area contributed by atoms with E-state index in [-0.39, 0.29) is 6.61 Å². The molecule has 1 unspecified atom stereocenters. The number of halogens is 1. The molecule has 2 nitrogen and oxygen atoms in total. The quantitative estimate of drug-likeness (QED) is 0.821. The van der Waals surface area contributed by atoms with Crippen LogP contribution in [0.4, 0.5) is 0 Å². The molecule has 0 fully saturated rings. The van der Waals surface area contributed by atoms with Gasteiger partial charge in [0.1, 0.15) is 0 Å². The van der Waals surface area contributed by atoms with Gasteiger partial charge in [0.2, 0.25) is 0 Å². The van der Waals surface area contributed by atoms with E-state index in [4.69, 9.17) is 5.11 Å². The van der Waals surface area contributed by atoms with Crippen molar-refractivity contribution in [3.8, 4) is 0 Å². The van der Waals surface area contributed by atoms with Crippen molar-refractivity contribution in [2.75, 3.05) is 12.4 Å². The highest BCUT2D eigenvalue weighted by molar-refractivity contribution is 9.10. The third-order valence-corrected chi connectivity index (χ3v) is 4.28. The third-order valence-electron chi connectivity index (χ3n) is 2.27. The van der Waals surface area contributed by atoms with Gasteiger partial charge in [0, 0.05) is 21.7 Å². The number of hydrogen-bond donors (Lipinski definition) is 2. The van der Waals surface area contributed by atoms with Crippen LogP contribution in [0.5, 0.6) is 0 Å². The van der Waals surface area contributed by atoms with Crippen molar-refractivity contribution in [3.05, 3.63) is 28.2 Å². The molecular formula is C12H17BrO2S. The summed E-state index contributed by atoms with van der Waals surface area (Å²) in [5.41, 5.74) is 0.902. The summed E-state index contributed by atoms with van der Waals surface area (Å²) in [6, 6.07) is 5.94. The second-order valence-electron chi connectivity index (χ2n) is 3.96. The number of hydrogen-bond acceptors (Lipinski definition) is 3. The van der Waals surface area contributed by atoms with E-state index in [2.05, 4.69) is 15.9 Å². The number of rotatable bonds is 5. The highest BCUT2D eigenvalue weighted by atomic mass is 79.9. The first-order valence-electron chi connectivity index (χ1n) is 5.25. The fraction of sp³-hybridized carbons (Fsp3) is 0.500. The predicted molar refractivity (Wildman–Crippen MR) is 71.7 cm³/mol. The lowest BCUT2D eigenvalue weighted by molar-refractivity contribution is 0.198. The van der Waals surface area contributed by atoms with Crippen LogP contribution in [-0.4, -0.2) is 22.6 Å². The van der Waals surface area contributed by atoms with Crippen molar-refractivity contribution in [2.45, 2.75) is 24.8 Å². The molecule has 2 atom stereocenters. The van der Waals surface area contributed by atoms with Crippen LogP contribution in [0.1, 0.15) is 25.5 Å². The Morgan fingerprint density at radius 2 is 2.06 bits per heavy atom. The highest BCUT2D eigenvalue weighted by Gasteiger charge is 2.07. The van der Waals surface area contributed by atoms with Gasteiger partial charge in [-0.3, -0.25) is 0 Å². The minimum Gasteiger partial charge on any atom is -0.396 e. The molecule has 0 aliphatic carbocycles. The standard InChI is InChI=1S/C12H17BrO2S/c1-8(6-14)7-16-10-3-4-11(9(2)15)12(13)5-10/h3-5,8-9,14-15H,6-7H2,1-2H3/t8?,9-/m1/s1. The summed E-state index contributed by atoms with van der Waals surface area (Å²) in [7, 11) is 0. The first kappa shape index (κ1) is 14.0. The first-order chi connectivity index (χ1) is 7.54. The SMILES string of the molecule is CC(CO)CSc1ccc([C@@H](C)O)c(Br)c1. The van der Waals surface area contributed by atoms with Gasteiger partial charge in [-0.1, -0.05) is 28.9 Å². The van der Waals surface area contributed by atoms with Gasteiger partial charge in [0.05, 0.1) is 6.10 Å². The van der Waals surface area contributed by atoms with Crippen molar-refractivity contribution < 1.29 is 10.2 Å². The zero-order valence-corrected chi connectivity index (χ0v) is 11.9. The van der Waals surface area contributed by atoms with E-state index in [1.54, 1.807) is 18.7 Å². The van der Waals surface area contributed by atoms with Crippen LogP contribution < -0.4 is 0 Å². The summed E-state index contributed by atoms with van der Waals surface area (Å²) < 4.78 is 0.934. The topological polar surface area (TPSA) is 40.5 Å². The summed E-state index contributed by atoms with van der Waals surface area (Å²) in [4.78, 5) is 1.15. The maximum Gasteiger partial charge on any atom is 0.0772 e. The van der Waals surface area contributed by atoms with Gasteiger partial charge < -0.3 is 10.2 Å². The Kier molecular flexibility index (Phi) is 5.83. The smallest absolute Gasteiger partial charge is 0.0772 e. The minimum atomic E-state index is -0.454. The van der Waals surface area contributed by atoms with Gasteiger partial charge in [-0.25, -0.2) is 0 Å². The van der Waals surface area contributed by atoms with Crippen LogP contribution in [0.3, 0.4) is 0 Å². The Hall–Kier alpha value is -0.0300. The molecule has 0 heterocycles. The number of aliphatic hydroxyl groups is 2. The number of aliphatic hydroxyl groups excluding tert-OH is 2. The second-order valence-corrected chi connectivity index (χ2v) is 5.91. The van der Waals surface area contributed by atoms with Gasteiger partial charge in [-0.15, -0.1) is 11.8 Å². The molecule has 0 aliphatic heterocycles. The normalized spacial score (nSPS) is 14.8. The van der Waals surface area contributed by atoms with Crippen LogP contribution in [-0.2, 0) is 0 Å². The van der Waals surface area contributed by atoms with Crippen molar-refractivity contribution in [1.82, 2.24) is 0 Å². The number of benzene rings is 1. The van der Waals surface area contributed by atoms with E-state index in [1.807, 2.05) is 25.1 Å². The Morgan fingerprint density at radius 3 is 2.56 bits per heavy atom. The van der Waals surface area contributed by atoms with Crippen molar-refractivity contribution in [3.63, 3.8) is 0 Å². The average molecular weight is 305 g/mol. The molecule has 0 saturated heterocycles. The van der Waals surface area contributed by atoms with Gasteiger partial charge in [0.25, 0.3) is 0 Å². The van der Waals surface area contributed by atoms with E-state index in [9.17, 15) is 5.11 Å².